The van der Waals surface area contributed by atoms with Crippen molar-refractivity contribution in [2.45, 2.75) is 64.7 Å². The Morgan fingerprint density at radius 2 is 1.43 bits per heavy atom. The zero-order valence-corrected chi connectivity index (χ0v) is 17.7. The molecule has 5 atom stereocenters. The molecular formula is C18H33N5O7. The van der Waals surface area contributed by atoms with Crippen LogP contribution in [0.1, 0.15) is 40.5 Å². The van der Waals surface area contributed by atoms with Crippen LogP contribution in [0, 0.1) is 11.8 Å². The Morgan fingerprint density at radius 3 is 1.83 bits per heavy atom. The summed E-state index contributed by atoms with van der Waals surface area (Å²) < 4.78 is 0. The van der Waals surface area contributed by atoms with Crippen molar-refractivity contribution < 1.29 is 34.2 Å². The summed E-state index contributed by atoms with van der Waals surface area (Å²) in [4.78, 5) is 59.3. The van der Waals surface area contributed by atoms with Crippen molar-refractivity contribution in [3.63, 3.8) is 0 Å². The lowest BCUT2D eigenvalue weighted by molar-refractivity contribution is -0.144. The molecule has 0 saturated carbocycles. The summed E-state index contributed by atoms with van der Waals surface area (Å²) in [5, 5.41) is 25.5. The number of nitrogens with one attached hydrogen (secondary N) is 3. The molecule has 0 aromatic heterocycles. The number of rotatable bonds is 13. The van der Waals surface area contributed by atoms with Gasteiger partial charge in [-0.3, -0.25) is 19.2 Å². The van der Waals surface area contributed by atoms with Crippen LogP contribution in [0.5, 0.6) is 0 Å². The second kappa shape index (κ2) is 12.8. The number of aliphatic hydroxyl groups excluding tert-OH is 1. The molecule has 172 valence electrons. The van der Waals surface area contributed by atoms with Gasteiger partial charge in [-0.15, -0.1) is 0 Å². The highest BCUT2D eigenvalue weighted by Crippen LogP contribution is 2.07. The number of nitrogens with two attached hydrogens (primary N) is 2. The van der Waals surface area contributed by atoms with Crippen molar-refractivity contribution in [3.8, 4) is 0 Å². The van der Waals surface area contributed by atoms with E-state index < -0.39 is 72.7 Å². The SMILES string of the molecule is CCC(C)C(N)C(=O)NC(CO)C(=O)NC(C(=O)NC(CC(N)=O)C(=O)O)C(C)C. The van der Waals surface area contributed by atoms with Crippen LogP contribution in [0.2, 0.25) is 0 Å². The Morgan fingerprint density at radius 1 is 0.900 bits per heavy atom. The number of hydrogen-bond donors (Lipinski definition) is 7. The molecule has 0 aliphatic carbocycles. The van der Waals surface area contributed by atoms with E-state index >= 15 is 0 Å². The molecule has 12 nitrogen and oxygen atoms in total. The number of amides is 4. The summed E-state index contributed by atoms with van der Waals surface area (Å²) in [5.74, 6) is -5.35. The number of aliphatic hydroxyl groups is 1. The van der Waals surface area contributed by atoms with E-state index in [4.69, 9.17) is 16.6 Å². The summed E-state index contributed by atoms with van der Waals surface area (Å²) in [5.41, 5.74) is 10.8. The molecule has 0 saturated heterocycles. The molecule has 0 spiro atoms. The highest BCUT2D eigenvalue weighted by molar-refractivity contribution is 5.95. The largest absolute Gasteiger partial charge is 0.480 e. The van der Waals surface area contributed by atoms with Crippen LogP contribution in [-0.2, 0) is 24.0 Å². The molecule has 5 unspecified atom stereocenters. The van der Waals surface area contributed by atoms with Gasteiger partial charge in [0.2, 0.25) is 23.6 Å². The van der Waals surface area contributed by atoms with Crippen molar-refractivity contribution in [3.05, 3.63) is 0 Å². The second-order valence-corrected chi connectivity index (χ2v) is 7.46. The molecule has 0 fully saturated rings. The molecule has 0 radical (unpaired) electrons. The Balaban J connectivity index is 5.23. The van der Waals surface area contributed by atoms with Crippen LogP contribution in [0.3, 0.4) is 0 Å². The summed E-state index contributed by atoms with van der Waals surface area (Å²) in [6, 6.07) is -5.00. The molecule has 0 rings (SSSR count). The maximum Gasteiger partial charge on any atom is 0.326 e. The third-order valence-corrected chi connectivity index (χ3v) is 4.64. The van der Waals surface area contributed by atoms with E-state index in [0.29, 0.717) is 6.42 Å². The van der Waals surface area contributed by atoms with Crippen molar-refractivity contribution in [2.24, 2.45) is 23.3 Å². The first-order valence-corrected chi connectivity index (χ1v) is 9.64. The van der Waals surface area contributed by atoms with Crippen LogP contribution in [-0.4, -0.2) is 70.6 Å². The number of primary amides is 1. The quantitative estimate of drug-likeness (QED) is 0.164. The van der Waals surface area contributed by atoms with Gasteiger partial charge in [-0.05, 0) is 11.8 Å². The average Bonchev–Trinajstić information content (AvgIpc) is 2.66. The molecule has 0 heterocycles. The van der Waals surface area contributed by atoms with Gasteiger partial charge in [-0.1, -0.05) is 34.1 Å². The molecule has 0 bridgehead atoms. The molecule has 0 aliphatic rings. The predicted molar refractivity (Wildman–Crippen MR) is 107 cm³/mol. The summed E-state index contributed by atoms with van der Waals surface area (Å²) >= 11 is 0. The summed E-state index contributed by atoms with van der Waals surface area (Å²) in [7, 11) is 0. The zero-order valence-electron chi connectivity index (χ0n) is 17.7. The van der Waals surface area contributed by atoms with Gasteiger partial charge in [0.25, 0.3) is 0 Å². The summed E-state index contributed by atoms with van der Waals surface area (Å²) in [6.45, 7) is 6.07. The predicted octanol–water partition coefficient (Wildman–Crippen LogP) is -2.58. The Bertz CT molecular complexity index is 640. The molecule has 30 heavy (non-hydrogen) atoms. The zero-order chi connectivity index (χ0) is 23.6. The van der Waals surface area contributed by atoms with E-state index in [1.54, 1.807) is 20.8 Å². The Labute approximate surface area is 175 Å². The lowest BCUT2D eigenvalue weighted by Gasteiger charge is -2.26. The van der Waals surface area contributed by atoms with E-state index in [9.17, 15) is 29.1 Å². The maximum atomic E-state index is 12.5. The number of hydrogen-bond acceptors (Lipinski definition) is 7. The van der Waals surface area contributed by atoms with Crippen molar-refractivity contribution >= 4 is 29.6 Å². The van der Waals surface area contributed by atoms with Crippen LogP contribution in [0.4, 0.5) is 0 Å². The third kappa shape index (κ3) is 8.74. The van der Waals surface area contributed by atoms with Gasteiger partial charge in [0.1, 0.15) is 18.1 Å². The second-order valence-electron chi connectivity index (χ2n) is 7.46. The minimum atomic E-state index is -1.56. The monoisotopic (exact) mass is 431 g/mol. The highest BCUT2D eigenvalue weighted by atomic mass is 16.4. The van der Waals surface area contributed by atoms with E-state index in [-0.39, 0.29) is 5.92 Å². The minimum Gasteiger partial charge on any atom is -0.480 e. The molecule has 0 aliphatic heterocycles. The van der Waals surface area contributed by atoms with E-state index in [1.165, 1.54) is 0 Å². The van der Waals surface area contributed by atoms with Gasteiger partial charge in [-0.2, -0.15) is 0 Å². The lowest BCUT2D eigenvalue weighted by atomic mass is 9.99. The normalized spacial score (nSPS) is 16.0. The number of carbonyl (C=O) groups is 5. The van der Waals surface area contributed by atoms with Gasteiger partial charge in [0, 0.05) is 0 Å². The fraction of sp³-hybridized carbons (Fsp3) is 0.722. The minimum absolute atomic E-state index is 0.153. The highest BCUT2D eigenvalue weighted by Gasteiger charge is 2.32. The van der Waals surface area contributed by atoms with Gasteiger partial charge < -0.3 is 37.6 Å². The first kappa shape index (κ1) is 27.3. The fourth-order valence-electron chi connectivity index (χ4n) is 2.43. The number of aliphatic carboxylic acids is 1. The topological polar surface area (TPSA) is 214 Å². The Kier molecular flexibility index (Phi) is 11.6. The van der Waals surface area contributed by atoms with Gasteiger partial charge in [-0.25, -0.2) is 4.79 Å². The smallest absolute Gasteiger partial charge is 0.326 e. The molecule has 12 heteroatoms. The van der Waals surface area contributed by atoms with Gasteiger partial charge in [0.05, 0.1) is 19.1 Å². The van der Waals surface area contributed by atoms with E-state index in [0.717, 1.165) is 0 Å². The van der Waals surface area contributed by atoms with Crippen molar-refractivity contribution in [1.82, 2.24) is 16.0 Å². The average molecular weight is 431 g/mol. The van der Waals surface area contributed by atoms with Crippen molar-refractivity contribution in [2.75, 3.05) is 6.61 Å². The van der Waals surface area contributed by atoms with Gasteiger partial charge >= 0.3 is 5.97 Å². The Hall–Kier alpha value is -2.73. The maximum absolute atomic E-state index is 12.5. The number of carboxylic acids is 1. The molecule has 9 N–H and O–H groups in total. The van der Waals surface area contributed by atoms with Crippen LogP contribution < -0.4 is 27.4 Å². The van der Waals surface area contributed by atoms with E-state index in [1.807, 2.05) is 6.92 Å². The lowest BCUT2D eigenvalue weighted by Crippen LogP contribution is -2.59. The number of carbonyl (C=O) groups excluding carboxylic acids is 4. The first-order valence-electron chi connectivity index (χ1n) is 9.64. The van der Waals surface area contributed by atoms with E-state index in [2.05, 4.69) is 16.0 Å². The molecular weight excluding hydrogens is 398 g/mol. The van der Waals surface area contributed by atoms with Crippen LogP contribution >= 0.6 is 0 Å². The fourth-order valence-corrected chi connectivity index (χ4v) is 2.43. The van der Waals surface area contributed by atoms with Crippen LogP contribution in [0.25, 0.3) is 0 Å². The van der Waals surface area contributed by atoms with Crippen LogP contribution in [0.15, 0.2) is 0 Å². The van der Waals surface area contributed by atoms with Gasteiger partial charge in [0.15, 0.2) is 0 Å². The molecule has 0 aromatic carbocycles. The third-order valence-electron chi connectivity index (χ3n) is 4.64. The standard InChI is InChI=1S/C18H33N5O7/c1-5-9(4)13(20)16(27)22-11(7-24)15(26)23-14(8(2)3)17(28)21-10(18(29)30)6-12(19)25/h8-11,13-14,24H,5-7,20H2,1-4H3,(H2,19,25)(H,21,28)(H,22,27)(H,23,26)(H,29,30). The van der Waals surface area contributed by atoms with Crippen molar-refractivity contribution in [1.29, 1.82) is 0 Å². The molecule has 4 amide bonds. The summed E-state index contributed by atoms with van der Waals surface area (Å²) in [6.07, 6.45) is 0.0128. The molecule has 0 aromatic rings. The number of carboxylic acid groups (broad SMARTS) is 1. The first-order chi connectivity index (χ1) is 13.8.